The highest BCUT2D eigenvalue weighted by molar-refractivity contribution is 5.98. The molecule has 32 heavy (non-hydrogen) atoms. The zero-order valence-corrected chi connectivity index (χ0v) is 20.0. The molecule has 0 saturated heterocycles. The predicted octanol–water partition coefficient (Wildman–Crippen LogP) is 5.28. The van der Waals surface area contributed by atoms with Gasteiger partial charge in [0.1, 0.15) is 0 Å². The molecular weight excluding hydrogens is 402 g/mol. The lowest BCUT2D eigenvalue weighted by atomic mass is 9.90. The smallest absolute Gasteiger partial charge is 0.251 e. The molecule has 1 unspecified atom stereocenters. The summed E-state index contributed by atoms with van der Waals surface area (Å²) in [5, 5.41) is 14.8. The number of ether oxygens (including phenoxy) is 1. The Labute approximate surface area is 194 Å². The number of oxime groups is 1. The largest absolute Gasteiger partial charge is 0.409 e. The number of benzene rings is 1. The van der Waals surface area contributed by atoms with E-state index < -0.39 is 6.04 Å². The minimum Gasteiger partial charge on any atom is -0.409 e. The van der Waals surface area contributed by atoms with Crippen LogP contribution < -0.4 is 11.1 Å². The Morgan fingerprint density at radius 1 is 1.09 bits per heavy atom. The van der Waals surface area contributed by atoms with E-state index in [1.54, 1.807) is 0 Å². The maximum absolute atomic E-state index is 12.5. The highest BCUT2D eigenvalue weighted by Crippen LogP contribution is 2.23. The second-order valence-corrected chi connectivity index (χ2v) is 9.51. The highest BCUT2D eigenvalue weighted by atomic mass is 16.5. The summed E-state index contributed by atoms with van der Waals surface area (Å²) in [5.74, 6) is 0.635. The summed E-state index contributed by atoms with van der Waals surface area (Å²) in [6, 6.07) is 7.23. The first-order chi connectivity index (χ1) is 15.5. The van der Waals surface area contributed by atoms with Crippen molar-refractivity contribution in [3.05, 3.63) is 35.4 Å². The number of rotatable bonds is 14. The Bertz CT molecular complexity index is 682. The molecule has 2 rings (SSSR count). The molecule has 0 spiro atoms. The molecule has 1 fully saturated rings. The number of carbonyl (C=O) groups is 1. The van der Waals surface area contributed by atoms with E-state index in [0.717, 1.165) is 32.0 Å². The number of amidine groups is 1. The van der Waals surface area contributed by atoms with Crippen LogP contribution in [0.3, 0.4) is 0 Å². The van der Waals surface area contributed by atoms with Gasteiger partial charge in [-0.2, -0.15) is 0 Å². The van der Waals surface area contributed by atoms with Gasteiger partial charge in [-0.15, -0.1) is 0 Å². The van der Waals surface area contributed by atoms with Gasteiger partial charge in [-0.25, -0.2) is 0 Å². The highest BCUT2D eigenvalue weighted by Gasteiger charge is 2.21. The maximum atomic E-state index is 12.5. The average Bonchev–Trinajstić information content (AvgIpc) is 2.81. The van der Waals surface area contributed by atoms with Gasteiger partial charge in [0.25, 0.3) is 5.91 Å². The predicted molar refractivity (Wildman–Crippen MR) is 130 cm³/mol. The molecule has 1 atom stereocenters. The van der Waals surface area contributed by atoms with Gasteiger partial charge in [0.05, 0.1) is 6.04 Å². The monoisotopic (exact) mass is 445 g/mol. The van der Waals surface area contributed by atoms with Gasteiger partial charge in [-0.1, -0.05) is 69.7 Å². The van der Waals surface area contributed by atoms with Crippen molar-refractivity contribution in [1.29, 1.82) is 0 Å². The molecule has 0 bridgehead atoms. The lowest BCUT2D eigenvalue weighted by molar-refractivity contribution is 0.0824. The Balaban J connectivity index is 1.57. The summed E-state index contributed by atoms with van der Waals surface area (Å²) in [5.41, 5.74) is 7.52. The van der Waals surface area contributed by atoms with Gasteiger partial charge < -0.3 is 21.0 Å². The van der Waals surface area contributed by atoms with E-state index in [2.05, 4.69) is 10.5 Å². The number of unbranched alkanes of at least 4 members (excludes halogenated alkanes) is 4. The molecule has 6 nitrogen and oxygen atoms in total. The standard InChI is InChI=1S/C26H43N3O3/c1-20(2)24(25(27)29-31)28-26(30)23-16-14-21(15-17-23)11-7-4-3-5-10-18-32-19-22-12-8-6-9-13-22/h14-17,20,22,24,31H,3-13,18-19H2,1-2H3,(H2,27,29)(H,28,30). The Morgan fingerprint density at radius 3 is 2.41 bits per heavy atom. The third kappa shape index (κ3) is 9.60. The van der Waals surface area contributed by atoms with Crippen molar-refractivity contribution < 1.29 is 14.7 Å². The van der Waals surface area contributed by atoms with Crippen LogP contribution in [0.15, 0.2) is 29.4 Å². The average molecular weight is 446 g/mol. The van der Waals surface area contributed by atoms with Crippen LogP contribution in [0, 0.1) is 11.8 Å². The summed E-state index contributed by atoms with van der Waals surface area (Å²) >= 11 is 0. The van der Waals surface area contributed by atoms with Crippen molar-refractivity contribution in [2.24, 2.45) is 22.7 Å². The molecule has 1 aromatic carbocycles. The number of nitrogens with one attached hydrogen (secondary N) is 1. The number of nitrogens with zero attached hydrogens (tertiary/aromatic N) is 1. The molecule has 1 aliphatic carbocycles. The van der Waals surface area contributed by atoms with Crippen molar-refractivity contribution in [1.82, 2.24) is 5.32 Å². The summed E-state index contributed by atoms with van der Waals surface area (Å²) in [4.78, 5) is 12.5. The minimum absolute atomic E-state index is 0.0146. The van der Waals surface area contributed by atoms with Crippen LogP contribution in [-0.2, 0) is 11.2 Å². The number of nitrogens with two attached hydrogens (primary N) is 1. The molecule has 0 radical (unpaired) electrons. The van der Waals surface area contributed by atoms with Gasteiger partial charge in [0.15, 0.2) is 5.84 Å². The van der Waals surface area contributed by atoms with Crippen molar-refractivity contribution in [3.63, 3.8) is 0 Å². The lowest BCUT2D eigenvalue weighted by Crippen LogP contribution is -2.47. The summed E-state index contributed by atoms with van der Waals surface area (Å²) in [6.45, 7) is 5.70. The number of aryl methyl sites for hydroxylation is 1. The topological polar surface area (TPSA) is 96.9 Å². The maximum Gasteiger partial charge on any atom is 0.251 e. The fourth-order valence-corrected chi connectivity index (χ4v) is 4.36. The van der Waals surface area contributed by atoms with Crippen LogP contribution >= 0.6 is 0 Å². The minimum atomic E-state index is -0.496. The van der Waals surface area contributed by atoms with Crippen molar-refractivity contribution in [3.8, 4) is 0 Å². The molecule has 4 N–H and O–H groups in total. The second kappa shape index (κ2) is 14.9. The molecule has 1 aromatic rings. The SMILES string of the molecule is CC(C)C(NC(=O)c1ccc(CCCCCCCOCC2CCCCC2)cc1)/C(N)=N/O. The molecule has 0 aromatic heterocycles. The molecule has 1 saturated carbocycles. The van der Waals surface area contributed by atoms with E-state index in [1.165, 1.54) is 63.4 Å². The van der Waals surface area contributed by atoms with Crippen LogP contribution in [0.5, 0.6) is 0 Å². The first-order valence-electron chi connectivity index (χ1n) is 12.5. The van der Waals surface area contributed by atoms with Crippen molar-refractivity contribution in [2.75, 3.05) is 13.2 Å². The van der Waals surface area contributed by atoms with Crippen LogP contribution in [0.1, 0.15) is 94.0 Å². The normalized spacial score (nSPS) is 16.3. The van der Waals surface area contributed by atoms with Gasteiger partial charge >= 0.3 is 0 Å². The number of amides is 1. The molecule has 0 heterocycles. The van der Waals surface area contributed by atoms with Gasteiger partial charge in [-0.05, 0) is 61.6 Å². The van der Waals surface area contributed by atoms with Crippen molar-refractivity contribution in [2.45, 2.75) is 90.5 Å². The number of carbonyl (C=O) groups excluding carboxylic acids is 1. The molecule has 6 heteroatoms. The van der Waals surface area contributed by atoms with Gasteiger partial charge in [0.2, 0.25) is 0 Å². The van der Waals surface area contributed by atoms with E-state index in [1.807, 2.05) is 38.1 Å². The zero-order chi connectivity index (χ0) is 23.2. The Kier molecular flexibility index (Phi) is 12.2. The van der Waals surface area contributed by atoms with E-state index in [4.69, 9.17) is 15.7 Å². The van der Waals surface area contributed by atoms with Crippen LogP contribution in [-0.4, -0.2) is 36.2 Å². The molecule has 1 amide bonds. The zero-order valence-electron chi connectivity index (χ0n) is 20.0. The van der Waals surface area contributed by atoms with E-state index in [0.29, 0.717) is 5.56 Å². The lowest BCUT2D eigenvalue weighted by Gasteiger charge is -2.21. The molecular formula is C26H43N3O3. The molecule has 1 aliphatic rings. The Hall–Kier alpha value is -2.08. The van der Waals surface area contributed by atoms with Crippen LogP contribution in [0.2, 0.25) is 0 Å². The quantitative estimate of drug-likeness (QED) is 0.119. The summed E-state index contributed by atoms with van der Waals surface area (Å²) in [6.07, 6.45) is 14.0. The van der Waals surface area contributed by atoms with E-state index >= 15 is 0 Å². The molecule has 180 valence electrons. The second-order valence-electron chi connectivity index (χ2n) is 9.51. The van der Waals surface area contributed by atoms with Gasteiger partial charge in [-0.3, -0.25) is 4.79 Å². The van der Waals surface area contributed by atoms with E-state index in [-0.39, 0.29) is 17.7 Å². The third-order valence-electron chi connectivity index (χ3n) is 6.44. The molecule has 0 aliphatic heterocycles. The van der Waals surface area contributed by atoms with Crippen molar-refractivity contribution >= 4 is 11.7 Å². The first-order valence-corrected chi connectivity index (χ1v) is 12.5. The summed E-state index contributed by atoms with van der Waals surface area (Å²) < 4.78 is 5.88. The van der Waals surface area contributed by atoms with Gasteiger partial charge in [0, 0.05) is 18.8 Å². The number of hydrogen-bond acceptors (Lipinski definition) is 4. The number of hydrogen-bond donors (Lipinski definition) is 3. The fraction of sp³-hybridized carbons (Fsp3) is 0.692. The third-order valence-corrected chi connectivity index (χ3v) is 6.44. The van der Waals surface area contributed by atoms with E-state index in [9.17, 15) is 4.79 Å². The fourth-order valence-electron chi connectivity index (χ4n) is 4.36. The Morgan fingerprint density at radius 2 is 1.75 bits per heavy atom. The van der Waals surface area contributed by atoms with Crippen LogP contribution in [0.25, 0.3) is 0 Å². The first kappa shape index (κ1) is 26.2. The summed E-state index contributed by atoms with van der Waals surface area (Å²) in [7, 11) is 0. The van der Waals surface area contributed by atoms with Crippen LogP contribution in [0.4, 0.5) is 0 Å².